The van der Waals surface area contributed by atoms with Gasteiger partial charge in [-0.2, -0.15) is 0 Å². The van der Waals surface area contributed by atoms with E-state index in [4.69, 9.17) is 0 Å². The Balaban J connectivity index is 4.06. The van der Waals surface area contributed by atoms with E-state index in [2.05, 4.69) is 81.2 Å². The topological polar surface area (TPSA) is 23.6 Å². The third-order valence-corrected chi connectivity index (χ3v) is 9.50. The summed E-state index contributed by atoms with van der Waals surface area (Å²) in [5, 5.41) is 0. The summed E-state index contributed by atoms with van der Waals surface area (Å²) in [4.78, 5) is 17.1. The van der Waals surface area contributed by atoms with Gasteiger partial charge in [0.1, 0.15) is 0 Å². The van der Waals surface area contributed by atoms with Crippen molar-refractivity contribution >= 4 is 5.91 Å². The van der Waals surface area contributed by atoms with E-state index in [9.17, 15) is 4.79 Å². The summed E-state index contributed by atoms with van der Waals surface area (Å²) in [5.74, 6) is 0.322. The molecular formula is C43H82N2O. The minimum Gasteiger partial charge on any atom is -0.343 e. The minimum absolute atomic E-state index is 0.322. The second kappa shape index (κ2) is 36.5. The fraction of sp³-hybridized carbons (Fsp3) is 0.837. The molecule has 0 rings (SSSR count). The summed E-state index contributed by atoms with van der Waals surface area (Å²) >= 11 is 0. The van der Waals surface area contributed by atoms with Crippen molar-refractivity contribution in [3.8, 4) is 0 Å². The van der Waals surface area contributed by atoms with Crippen LogP contribution >= 0.6 is 0 Å². The smallest absolute Gasteiger partial charge is 0.223 e. The van der Waals surface area contributed by atoms with E-state index in [0.29, 0.717) is 18.4 Å². The van der Waals surface area contributed by atoms with Gasteiger partial charge in [-0.25, -0.2) is 0 Å². The number of hydrogen-bond donors (Lipinski definition) is 0. The van der Waals surface area contributed by atoms with Gasteiger partial charge in [0.2, 0.25) is 5.91 Å². The van der Waals surface area contributed by atoms with Crippen LogP contribution in [0.4, 0.5) is 0 Å². The Morgan fingerprint density at radius 1 is 0.478 bits per heavy atom. The van der Waals surface area contributed by atoms with Crippen LogP contribution in [0, 0.1) is 0 Å². The van der Waals surface area contributed by atoms with Crippen molar-refractivity contribution in [3.05, 3.63) is 36.5 Å². The summed E-state index contributed by atoms with van der Waals surface area (Å²) in [6.45, 7) is 5.40. The van der Waals surface area contributed by atoms with Crippen LogP contribution in [0.5, 0.6) is 0 Å². The Labute approximate surface area is 290 Å². The normalized spacial score (nSPS) is 12.8. The quantitative estimate of drug-likeness (QED) is 0.0507. The van der Waals surface area contributed by atoms with Gasteiger partial charge in [0, 0.05) is 26.1 Å². The van der Waals surface area contributed by atoms with E-state index in [1.807, 2.05) is 0 Å². The Hall–Kier alpha value is -1.35. The van der Waals surface area contributed by atoms with Crippen molar-refractivity contribution in [3.63, 3.8) is 0 Å². The number of unbranched alkanes of at least 4 members (excludes halogenated alkanes) is 21. The molecule has 0 aliphatic carbocycles. The van der Waals surface area contributed by atoms with Gasteiger partial charge in [0.25, 0.3) is 0 Å². The Bertz CT molecular complexity index is 710. The van der Waals surface area contributed by atoms with Crippen molar-refractivity contribution in [1.29, 1.82) is 0 Å². The fourth-order valence-electron chi connectivity index (χ4n) is 6.23. The zero-order valence-electron chi connectivity index (χ0n) is 32.1. The van der Waals surface area contributed by atoms with Crippen LogP contribution in [-0.2, 0) is 4.79 Å². The van der Waals surface area contributed by atoms with Gasteiger partial charge in [-0.3, -0.25) is 4.79 Å². The van der Waals surface area contributed by atoms with Crippen molar-refractivity contribution < 1.29 is 4.79 Å². The van der Waals surface area contributed by atoms with Gasteiger partial charge in [0.05, 0.1) is 0 Å². The molecule has 1 unspecified atom stereocenters. The molecule has 1 atom stereocenters. The Morgan fingerprint density at radius 2 is 0.826 bits per heavy atom. The minimum atomic E-state index is 0.322. The largest absolute Gasteiger partial charge is 0.343 e. The molecule has 0 heterocycles. The highest BCUT2D eigenvalue weighted by molar-refractivity contribution is 5.76. The highest BCUT2D eigenvalue weighted by Crippen LogP contribution is 2.19. The second-order valence-corrected chi connectivity index (χ2v) is 14.3. The van der Waals surface area contributed by atoms with Crippen LogP contribution in [0.25, 0.3) is 0 Å². The van der Waals surface area contributed by atoms with E-state index in [-0.39, 0.29) is 0 Å². The predicted molar refractivity (Wildman–Crippen MR) is 208 cm³/mol. The molecule has 0 saturated carbocycles. The third kappa shape index (κ3) is 32.6. The van der Waals surface area contributed by atoms with Gasteiger partial charge in [-0.1, -0.05) is 159 Å². The highest BCUT2D eigenvalue weighted by Gasteiger charge is 2.19. The first-order valence-corrected chi connectivity index (χ1v) is 20.4. The molecule has 0 aliphatic heterocycles. The maximum atomic E-state index is 12.9. The molecule has 3 nitrogen and oxygen atoms in total. The number of rotatable bonds is 35. The van der Waals surface area contributed by atoms with E-state index < -0.39 is 0 Å². The first-order valence-electron chi connectivity index (χ1n) is 20.4. The van der Waals surface area contributed by atoms with Gasteiger partial charge < -0.3 is 9.80 Å². The van der Waals surface area contributed by atoms with Crippen LogP contribution in [0.2, 0.25) is 0 Å². The van der Waals surface area contributed by atoms with E-state index in [1.165, 1.54) is 173 Å². The molecule has 1 amide bonds. The van der Waals surface area contributed by atoms with Crippen LogP contribution in [0.1, 0.15) is 200 Å². The van der Waals surface area contributed by atoms with E-state index >= 15 is 0 Å². The maximum Gasteiger partial charge on any atom is 0.223 e. The number of nitrogens with zero attached hydrogens (tertiary/aromatic N) is 2. The van der Waals surface area contributed by atoms with Crippen molar-refractivity contribution in [2.45, 2.75) is 206 Å². The number of amides is 1. The summed E-state index contributed by atoms with van der Waals surface area (Å²) in [6, 6.07) is 0.414. The zero-order chi connectivity index (χ0) is 33.8. The molecule has 0 spiro atoms. The lowest BCUT2D eigenvalue weighted by molar-refractivity contribution is -0.132. The van der Waals surface area contributed by atoms with Crippen molar-refractivity contribution in [2.24, 2.45) is 0 Å². The number of allylic oxidation sites excluding steroid dienone is 6. The van der Waals surface area contributed by atoms with Crippen LogP contribution in [0.3, 0.4) is 0 Å². The average Bonchev–Trinajstić information content (AvgIpc) is 3.05. The monoisotopic (exact) mass is 643 g/mol. The molecule has 0 aromatic carbocycles. The molecule has 0 saturated heterocycles. The molecule has 3 heteroatoms. The predicted octanol–water partition coefficient (Wildman–Crippen LogP) is 13.4. The lowest BCUT2D eigenvalue weighted by atomic mass is 9.98. The lowest BCUT2D eigenvalue weighted by Crippen LogP contribution is -2.38. The standard InChI is InChI=1S/C43H82N2O/c1-6-8-10-12-14-16-18-20-22-24-26-28-30-32-34-36-38-42(45(5)43(46)40-41-44(3)4)39-37-35-33-31-29-27-25-23-21-19-17-15-13-11-9-7-2/h14,16,20-23,42H,6-13,15,17-19,24-41H2,1-5H3/b16-14-,22-20-,23-21-. The second-order valence-electron chi connectivity index (χ2n) is 14.3. The summed E-state index contributed by atoms with van der Waals surface area (Å²) in [6.07, 6.45) is 51.5. The van der Waals surface area contributed by atoms with Crippen LogP contribution < -0.4 is 0 Å². The summed E-state index contributed by atoms with van der Waals surface area (Å²) < 4.78 is 0. The molecule has 0 radical (unpaired) electrons. The Kier molecular flexibility index (Phi) is 35.4. The van der Waals surface area contributed by atoms with Gasteiger partial charge in [-0.15, -0.1) is 0 Å². The SMILES string of the molecule is CCCCC/C=C\C/C=C\CCCCCCCCC(CCCCCCCC/C=C\CCCCCCCC)N(C)C(=O)CCN(C)C. The molecule has 0 fully saturated rings. The first-order chi connectivity index (χ1) is 22.5. The van der Waals surface area contributed by atoms with E-state index in [1.54, 1.807) is 0 Å². The molecule has 0 aromatic heterocycles. The molecule has 0 aliphatic rings. The molecule has 0 N–H and O–H groups in total. The van der Waals surface area contributed by atoms with Crippen LogP contribution in [-0.4, -0.2) is 49.4 Å². The van der Waals surface area contributed by atoms with E-state index in [0.717, 1.165) is 13.0 Å². The highest BCUT2D eigenvalue weighted by atomic mass is 16.2. The van der Waals surface area contributed by atoms with Crippen molar-refractivity contribution in [1.82, 2.24) is 9.80 Å². The number of carbonyl (C=O) groups is 1. The summed E-state index contributed by atoms with van der Waals surface area (Å²) in [7, 11) is 6.18. The Morgan fingerprint density at radius 3 is 1.26 bits per heavy atom. The maximum absolute atomic E-state index is 12.9. The van der Waals surface area contributed by atoms with Gasteiger partial charge in [-0.05, 0) is 84.7 Å². The zero-order valence-corrected chi connectivity index (χ0v) is 32.1. The molecule has 270 valence electrons. The fourth-order valence-corrected chi connectivity index (χ4v) is 6.23. The molecule has 46 heavy (non-hydrogen) atoms. The third-order valence-electron chi connectivity index (χ3n) is 9.50. The number of hydrogen-bond acceptors (Lipinski definition) is 2. The average molecular weight is 643 g/mol. The first kappa shape index (κ1) is 44.6. The molecule has 0 bridgehead atoms. The van der Waals surface area contributed by atoms with Crippen LogP contribution in [0.15, 0.2) is 36.5 Å². The summed E-state index contributed by atoms with van der Waals surface area (Å²) in [5.41, 5.74) is 0. The van der Waals surface area contributed by atoms with Gasteiger partial charge in [0.15, 0.2) is 0 Å². The molecule has 0 aromatic rings. The van der Waals surface area contributed by atoms with Gasteiger partial charge >= 0.3 is 0 Å². The van der Waals surface area contributed by atoms with Crippen molar-refractivity contribution in [2.75, 3.05) is 27.7 Å². The lowest BCUT2D eigenvalue weighted by Gasteiger charge is -2.29. The number of carbonyl (C=O) groups excluding carboxylic acids is 1. The molecular weight excluding hydrogens is 560 g/mol.